The average Bonchev–Trinajstić information content (AvgIpc) is 2.46. The molecule has 0 spiro atoms. The number of carbonyl (C=O) groups excluding carboxylic acids is 1. The van der Waals surface area contributed by atoms with Crippen molar-refractivity contribution in [1.82, 2.24) is 4.90 Å². The van der Waals surface area contributed by atoms with Crippen LogP contribution in [0, 0.1) is 11.7 Å². The van der Waals surface area contributed by atoms with Crippen molar-refractivity contribution < 1.29 is 23.8 Å². The fraction of sp³-hybridized carbons (Fsp3) is 0.467. The highest BCUT2D eigenvalue weighted by Gasteiger charge is 2.32. The Morgan fingerprint density at radius 1 is 1.43 bits per heavy atom. The molecule has 0 bridgehead atoms. The van der Waals surface area contributed by atoms with Gasteiger partial charge in [0, 0.05) is 18.2 Å². The number of halogens is 1. The van der Waals surface area contributed by atoms with Crippen LogP contribution in [0.3, 0.4) is 0 Å². The highest BCUT2D eigenvalue weighted by molar-refractivity contribution is 5.94. The van der Waals surface area contributed by atoms with Gasteiger partial charge >= 0.3 is 5.97 Å². The first-order chi connectivity index (χ1) is 9.93. The summed E-state index contributed by atoms with van der Waals surface area (Å²) in [7, 11) is 1.36. The zero-order chi connectivity index (χ0) is 15.6. The number of nitrogens with zero attached hydrogens (tertiary/aromatic N) is 1. The predicted molar refractivity (Wildman–Crippen MR) is 73.8 cm³/mol. The van der Waals surface area contributed by atoms with Crippen LogP contribution in [0.5, 0.6) is 5.75 Å². The van der Waals surface area contributed by atoms with Crippen molar-refractivity contribution in [2.24, 2.45) is 5.92 Å². The molecule has 0 aromatic heterocycles. The number of benzene rings is 1. The molecule has 2 atom stereocenters. The number of ether oxygens (including phenoxy) is 1. The summed E-state index contributed by atoms with van der Waals surface area (Å²) in [4.78, 5) is 25.0. The molecule has 2 unspecified atom stereocenters. The highest BCUT2D eigenvalue weighted by atomic mass is 19.1. The van der Waals surface area contributed by atoms with Crippen molar-refractivity contribution in [2.75, 3.05) is 13.7 Å². The molecule has 6 heteroatoms. The summed E-state index contributed by atoms with van der Waals surface area (Å²) in [6.45, 7) is 2.18. The van der Waals surface area contributed by atoms with Gasteiger partial charge in [-0.15, -0.1) is 0 Å². The molecule has 114 valence electrons. The first kappa shape index (κ1) is 15.3. The molecule has 1 aromatic rings. The molecule has 1 fully saturated rings. The minimum Gasteiger partial charge on any atom is -0.494 e. The van der Waals surface area contributed by atoms with Crippen LogP contribution in [0.2, 0.25) is 0 Å². The Balaban J connectivity index is 2.13. The van der Waals surface area contributed by atoms with Gasteiger partial charge in [-0.3, -0.25) is 9.59 Å². The second-order valence-corrected chi connectivity index (χ2v) is 5.26. The molecule has 1 heterocycles. The van der Waals surface area contributed by atoms with Gasteiger partial charge in [-0.1, -0.05) is 0 Å². The lowest BCUT2D eigenvalue weighted by atomic mass is 9.91. The van der Waals surface area contributed by atoms with Gasteiger partial charge in [-0.2, -0.15) is 0 Å². The van der Waals surface area contributed by atoms with E-state index in [9.17, 15) is 14.0 Å². The van der Waals surface area contributed by atoms with Crippen LogP contribution < -0.4 is 4.74 Å². The second-order valence-electron chi connectivity index (χ2n) is 5.26. The Bertz CT molecular complexity index is 561. The molecule has 0 radical (unpaired) electrons. The predicted octanol–water partition coefficient (Wildman–Crippen LogP) is 2.16. The van der Waals surface area contributed by atoms with Gasteiger partial charge in [-0.25, -0.2) is 4.39 Å². The van der Waals surface area contributed by atoms with Gasteiger partial charge in [0.05, 0.1) is 13.0 Å². The number of hydrogen-bond donors (Lipinski definition) is 1. The molecule has 0 saturated carbocycles. The molecule has 2 rings (SSSR count). The number of methoxy groups -OCH3 is 1. The van der Waals surface area contributed by atoms with E-state index in [1.807, 2.05) is 6.92 Å². The lowest BCUT2D eigenvalue weighted by Crippen LogP contribution is -2.46. The summed E-state index contributed by atoms with van der Waals surface area (Å²) in [5.41, 5.74) is 0.244. The Hall–Kier alpha value is -2.11. The third kappa shape index (κ3) is 3.15. The number of amides is 1. The minimum absolute atomic E-state index is 0.0872. The number of aliphatic carboxylic acids is 1. The third-order valence-electron chi connectivity index (χ3n) is 3.89. The smallest absolute Gasteiger partial charge is 0.306 e. The van der Waals surface area contributed by atoms with Crippen molar-refractivity contribution in [1.29, 1.82) is 0 Å². The van der Waals surface area contributed by atoms with Crippen LogP contribution in [0.1, 0.15) is 30.1 Å². The Morgan fingerprint density at radius 3 is 2.67 bits per heavy atom. The molecule has 1 N–H and O–H groups in total. The van der Waals surface area contributed by atoms with Gasteiger partial charge in [0.1, 0.15) is 0 Å². The summed E-state index contributed by atoms with van der Waals surface area (Å²) >= 11 is 0. The maximum Gasteiger partial charge on any atom is 0.306 e. The third-order valence-corrected chi connectivity index (χ3v) is 3.89. The molecule has 0 aliphatic carbocycles. The quantitative estimate of drug-likeness (QED) is 0.928. The van der Waals surface area contributed by atoms with Crippen molar-refractivity contribution in [3.05, 3.63) is 29.6 Å². The molecule has 1 aromatic carbocycles. The van der Waals surface area contributed by atoms with E-state index in [2.05, 4.69) is 0 Å². The van der Waals surface area contributed by atoms with E-state index in [1.165, 1.54) is 19.2 Å². The fourth-order valence-corrected chi connectivity index (χ4v) is 2.66. The van der Waals surface area contributed by atoms with Crippen molar-refractivity contribution in [3.8, 4) is 5.75 Å². The van der Waals surface area contributed by atoms with E-state index >= 15 is 0 Å². The summed E-state index contributed by atoms with van der Waals surface area (Å²) in [5, 5.41) is 9.03. The van der Waals surface area contributed by atoms with E-state index in [1.54, 1.807) is 4.90 Å². The fourth-order valence-electron chi connectivity index (χ4n) is 2.66. The van der Waals surface area contributed by atoms with Gasteiger partial charge in [-0.05, 0) is 38.0 Å². The SMILES string of the molecule is COc1ccc(C(=O)N2CCC(C(=O)O)CC2C)cc1F. The van der Waals surface area contributed by atoms with E-state index in [0.29, 0.717) is 19.4 Å². The van der Waals surface area contributed by atoms with Gasteiger partial charge in [0.25, 0.3) is 5.91 Å². The van der Waals surface area contributed by atoms with Crippen LogP contribution in [-0.2, 0) is 4.79 Å². The summed E-state index contributed by atoms with van der Waals surface area (Å²) in [6, 6.07) is 3.90. The Labute approximate surface area is 122 Å². The molecule has 5 nitrogen and oxygen atoms in total. The number of hydrogen-bond acceptors (Lipinski definition) is 3. The summed E-state index contributed by atoms with van der Waals surface area (Å²) in [6.07, 6.45) is 0.837. The van der Waals surface area contributed by atoms with E-state index in [0.717, 1.165) is 6.07 Å². The maximum atomic E-state index is 13.7. The Kier molecular flexibility index (Phi) is 4.45. The second kappa shape index (κ2) is 6.11. The van der Waals surface area contributed by atoms with Gasteiger partial charge < -0.3 is 14.7 Å². The zero-order valence-electron chi connectivity index (χ0n) is 12.0. The van der Waals surface area contributed by atoms with Crippen LogP contribution in [0.25, 0.3) is 0 Å². The molecule has 21 heavy (non-hydrogen) atoms. The molecular formula is C15H18FNO4. The monoisotopic (exact) mass is 295 g/mol. The molecule has 1 aliphatic rings. The number of carboxylic acid groups (broad SMARTS) is 1. The maximum absolute atomic E-state index is 13.7. The first-order valence-electron chi connectivity index (χ1n) is 6.81. The van der Waals surface area contributed by atoms with Crippen molar-refractivity contribution in [3.63, 3.8) is 0 Å². The number of likely N-dealkylation sites (tertiary alicyclic amines) is 1. The molecule has 1 saturated heterocycles. The minimum atomic E-state index is -0.829. The normalized spacial score (nSPS) is 22.0. The van der Waals surface area contributed by atoms with Gasteiger partial charge in [0.15, 0.2) is 11.6 Å². The lowest BCUT2D eigenvalue weighted by molar-refractivity contribution is -0.143. The van der Waals surface area contributed by atoms with Crippen LogP contribution >= 0.6 is 0 Å². The van der Waals surface area contributed by atoms with Crippen molar-refractivity contribution in [2.45, 2.75) is 25.8 Å². The topological polar surface area (TPSA) is 66.8 Å². The standard InChI is InChI=1S/C15H18FNO4/c1-9-7-11(15(19)20)5-6-17(9)14(18)10-3-4-13(21-2)12(16)8-10/h3-4,8-9,11H,5-7H2,1-2H3,(H,19,20). The zero-order valence-corrected chi connectivity index (χ0v) is 12.0. The van der Waals surface area contributed by atoms with Crippen LogP contribution in [0.15, 0.2) is 18.2 Å². The number of piperidine rings is 1. The number of carboxylic acids is 1. The summed E-state index contributed by atoms with van der Waals surface area (Å²) in [5.74, 6) is -2.03. The first-order valence-corrected chi connectivity index (χ1v) is 6.81. The van der Waals surface area contributed by atoms with Crippen molar-refractivity contribution >= 4 is 11.9 Å². The number of rotatable bonds is 3. The van der Waals surface area contributed by atoms with Crippen LogP contribution in [-0.4, -0.2) is 41.6 Å². The van der Waals surface area contributed by atoms with Crippen LogP contribution in [0.4, 0.5) is 4.39 Å². The Morgan fingerprint density at radius 2 is 2.14 bits per heavy atom. The van der Waals surface area contributed by atoms with E-state index in [4.69, 9.17) is 9.84 Å². The summed E-state index contributed by atoms with van der Waals surface area (Å²) < 4.78 is 18.5. The highest BCUT2D eigenvalue weighted by Crippen LogP contribution is 2.26. The largest absolute Gasteiger partial charge is 0.494 e. The lowest BCUT2D eigenvalue weighted by Gasteiger charge is -2.36. The van der Waals surface area contributed by atoms with Gasteiger partial charge in [0.2, 0.25) is 0 Å². The molecule has 1 amide bonds. The van der Waals surface area contributed by atoms with E-state index in [-0.39, 0.29) is 23.3 Å². The molecule has 1 aliphatic heterocycles. The average molecular weight is 295 g/mol. The van der Waals surface area contributed by atoms with E-state index < -0.39 is 17.7 Å². The molecular weight excluding hydrogens is 277 g/mol. The number of carbonyl (C=O) groups is 2.